The van der Waals surface area contributed by atoms with Gasteiger partial charge >= 0.3 is 0 Å². The molecule has 0 unspecified atom stereocenters. The molecule has 4 aromatic rings. The van der Waals surface area contributed by atoms with Gasteiger partial charge in [-0.25, -0.2) is 4.98 Å². The molecule has 0 spiro atoms. The van der Waals surface area contributed by atoms with Gasteiger partial charge in [0.1, 0.15) is 5.75 Å². The first-order valence-electron chi connectivity index (χ1n) is 11.6. The van der Waals surface area contributed by atoms with Crippen LogP contribution >= 0.6 is 11.8 Å². The van der Waals surface area contributed by atoms with Crippen LogP contribution in [0.4, 0.5) is 5.69 Å². The highest BCUT2D eigenvalue weighted by Gasteiger charge is 2.20. The van der Waals surface area contributed by atoms with Gasteiger partial charge in [0.2, 0.25) is 5.91 Å². The molecule has 4 rings (SSSR count). The molecule has 8 heteroatoms. The second-order valence-electron chi connectivity index (χ2n) is 8.03. The van der Waals surface area contributed by atoms with E-state index < -0.39 is 0 Å². The van der Waals surface area contributed by atoms with Crippen molar-refractivity contribution in [2.45, 2.75) is 25.4 Å². The molecule has 36 heavy (non-hydrogen) atoms. The van der Waals surface area contributed by atoms with Gasteiger partial charge in [-0.05, 0) is 50.2 Å². The van der Waals surface area contributed by atoms with Crippen LogP contribution in [0, 0.1) is 18.3 Å². The highest BCUT2D eigenvalue weighted by molar-refractivity contribution is 7.99. The molecule has 1 aromatic heterocycles. The number of rotatable bonds is 9. The standard InChI is InChI=1S/C28H26N4O3S/c1-3-35-25-12-7-6-11-24(25)32-27(34)22-9-4-5-10-23(22)30-28(32)36-19-26(33)31(18-8-17-29)21-15-13-20(2)14-16-21/h4-7,9-16H,3,8,18-19H2,1-2H3. The lowest BCUT2D eigenvalue weighted by Gasteiger charge is -2.22. The summed E-state index contributed by atoms with van der Waals surface area (Å²) in [5.74, 6) is 0.426. The van der Waals surface area contributed by atoms with Gasteiger partial charge in [0.15, 0.2) is 5.16 Å². The smallest absolute Gasteiger partial charge is 0.266 e. The summed E-state index contributed by atoms with van der Waals surface area (Å²) in [4.78, 5) is 33.3. The van der Waals surface area contributed by atoms with Crippen molar-refractivity contribution in [1.82, 2.24) is 9.55 Å². The monoisotopic (exact) mass is 498 g/mol. The van der Waals surface area contributed by atoms with Crippen molar-refractivity contribution in [1.29, 1.82) is 5.26 Å². The number of thioether (sulfide) groups is 1. The van der Waals surface area contributed by atoms with Gasteiger partial charge in [0.05, 0.1) is 41.4 Å². The molecule has 0 aliphatic rings. The summed E-state index contributed by atoms with van der Waals surface area (Å²) in [7, 11) is 0. The van der Waals surface area contributed by atoms with Gasteiger partial charge in [0, 0.05) is 12.2 Å². The van der Waals surface area contributed by atoms with E-state index >= 15 is 0 Å². The van der Waals surface area contributed by atoms with Crippen LogP contribution < -0.4 is 15.2 Å². The minimum absolute atomic E-state index is 0.0425. The number of nitriles is 1. The zero-order valence-electron chi connectivity index (χ0n) is 20.2. The summed E-state index contributed by atoms with van der Waals surface area (Å²) in [5, 5.41) is 9.98. The molecule has 0 aliphatic heterocycles. The normalized spacial score (nSPS) is 10.7. The summed E-state index contributed by atoms with van der Waals surface area (Å²) in [6.07, 6.45) is 0.213. The fourth-order valence-corrected chi connectivity index (χ4v) is 4.71. The molecule has 0 bridgehead atoms. The number of aromatic nitrogens is 2. The number of hydrogen-bond donors (Lipinski definition) is 0. The Labute approximate surface area is 214 Å². The zero-order chi connectivity index (χ0) is 25.5. The van der Waals surface area contributed by atoms with Gasteiger partial charge in [-0.15, -0.1) is 0 Å². The average molecular weight is 499 g/mol. The Morgan fingerprint density at radius 2 is 1.81 bits per heavy atom. The molecule has 0 radical (unpaired) electrons. The second-order valence-corrected chi connectivity index (χ2v) is 8.97. The van der Waals surface area contributed by atoms with Crippen LogP contribution in [-0.4, -0.2) is 34.4 Å². The summed E-state index contributed by atoms with van der Waals surface area (Å²) < 4.78 is 7.30. The van der Waals surface area contributed by atoms with Crippen molar-refractivity contribution < 1.29 is 9.53 Å². The van der Waals surface area contributed by atoms with Crippen LogP contribution in [0.25, 0.3) is 16.6 Å². The minimum atomic E-state index is -0.234. The van der Waals surface area contributed by atoms with Crippen LogP contribution in [0.2, 0.25) is 0 Å². The molecule has 0 aliphatic carbocycles. The highest BCUT2D eigenvalue weighted by atomic mass is 32.2. The number of para-hydroxylation sites is 3. The van der Waals surface area contributed by atoms with E-state index in [1.54, 1.807) is 35.2 Å². The maximum absolute atomic E-state index is 13.6. The lowest BCUT2D eigenvalue weighted by atomic mass is 10.2. The number of anilines is 1. The van der Waals surface area contributed by atoms with Crippen molar-refractivity contribution >= 4 is 34.3 Å². The van der Waals surface area contributed by atoms with E-state index in [0.717, 1.165) is 11.3 Å². The maximum Gasteiger partial charge on any atom is 0.266 e. The van der Waals surface area contributed by atoms with Crippen molar-refractivity contribution in [2.24, 2.45) is 0 Å². The van der Waals surface area contributed by atoms with Gasteiger partial charge in [0.25, 0.3) is 5.56 Å². The number of carbonyl (C=O) groups excluding carboxylic acids is 1. The van der Waals surface area contributed by atoms with E-state index in [1.807, 2.05) is 56.3 Å². The Balaban J connectivity index is 1.73. The number of aryl methyl sites for hydroxylation is 1. The summed E-state index contributed by atoms with van der Waals surface area (Å²) in [6, 6.07) is 24.2. The number of hydrogen-bond acceptors (Lipinski definition) is 6. The lowest BCUT2D eigenvalue weighted by molar-refractivity contribution is -0.116. The van der Waals surface area contributed by atoms with Gasteiger partial charge in [-0.2, -0.15) is 5.26 Å². The Morgan fingerprint density at radius 1 is 1.08 bits per heavy atom. The number of amides is 1. The first-order chi connectivity index (χ1) is 17.5. The summed E-state index contributed by atoms with van der Waals surface area (Å²) >= 11 is 1.19. The van der Waals surface area contributed by atoms with E-state index in [-0.39, 0.29) is 30.2 Å². The molecule has 7 nitrogen and oxygen atoms in total. The molecular weight excluding hydrogens is 472 g/mol. The van der Waals surface area contributed by atoms with Crippen LogP contribution in [0.5, 0.6) is 5.75 Å². The molecule has 1 heterocycles. The maximum atomic E-state index is 13.6. The van der Waals surface area contributed by atoms with Crippen LogP contribution in [-0.2, 0) is 4.79 Å². The summed E-state index contributed by atoms with van der Waals surface area (Å²) in [6.45, 7) is 4.58. The molecule has 3 aromatic carbocycles. The van der Waals surface area contributed by atoms with Crippen molar-refractivity contribution in [3.63, 3.8) is 0 Å². The topological polar surface area (TPSA) is 88.2 Å². The predicted molar refractivity (Wildman–Crippen MR) is 143 cm³/mol. The van der Waals surface area contributed by atoms with E-state index in [9.17, 15) is 9.59 Å². The number of ether oxygens (including phenoxy) is 1. The largest absolute Gasteiger partial charge is 0.492 e. The van der Waals surface area contributed by atoms with Crippen LogP contribution in [0.1, 0.15) is 18.9 Å². The van der Waals surface area contributed by atoms with Crippen molar-refractivity contribution in [3.8, 4) is 17.5 Å². The van der Waals surface area contributed by atoms with Gasteiger partial charge in [-0.3, -0.25) is 14.2 Å². The van der Waals surface area contributed by atoms with E-state index in [4.69, 9.17) is 15.0 Å². The molecule has 182 valence electrons. The molecule has 0 atom stereocenters. The van der Waals surface area contributed by atoms with E-state index in [1.165, 1.54) is 16.3 Å². The molecule has 0 N–H and O–H groups in total. The minimum Gasteiger partial charge on any atom is -0.492 e. The predicted octanol–water partition coefficient (Wildman–Crippen LogP) is 5.13. The lowest BCUT2D eigenvalue weighted by Crippen LogP contribution is -2.33. The molecular formula is C28H26N4O3S. The number of nitrogens with zero attached hydrogens (tertiary/aromatic N) is 4. The number of carbonyl (C=O) groups is 1. The SMILES string of the molecule is CCOc1ccccc1-n1c(SCC(=O)N(CCC#N)c2ccc(C)cc2)nc2ccccc2c1=O. The summed E-state index contributed by atoms with van der Waals surface area (Å²) in [5.41, 5.74) is 2.70. The third-order valence-corrected chi connectivity index (χ3v) is 6.49. The molecule has 0 saturated heterocycles. The third-order valence-electron chi connectivity index (χ3n) is 5.57. The van der Waals surface area contributed by atoms with Gasteiger partial charge in [-0.1, -0.05) is 53.7 Å². The Kier molecular flexibility index (Phi) is 8.03. The fraction of sp³-hybridized carbons (Fsp3) is 0.214. The van der Waals surface area contributed by atoms with Crippen LogP contribution in [0.15, 0.2) is 82.7 Å². The van der Waals surface area contributed by atoms with E-state index in [2.05, 4.69) is 6.07 Å². The highest BCUT2D eigenvalue weighted by Crippen LogP contribution is 2.28. The zero-order valence-corrected chi connectivity index (χ0v) is 21.0. The molecule has 1 amide bonds. The first-order valence-corrected chi connectivity index (χ1v) is 12.6. The molecule has 0 fully saturated rings. The van der Waals surface area contributed by atoms with Crippen molar-refractivity contribution in [3.05, 3.63) is 88.7 Å². The Morgan fingerprint density at radius 3 is 2.56 bits per heavy atom. The quantitative estimate of drug-likeness (QED) is 0.235. The number of fused-ring (bicyclic) bond motifs is 1. The Bertz CT molecular complexity index is 1480. The second kappa shape index (κ2) is 11.6. The van der Waals surface area contributed by atoms with Crippen LogP contribution in [0.3, 0.4) is 0 Å². The van der Waals surface area contributed by atoms with Crippen molar-refractivity contribution in [2.75, 3.05) is 23.8 Å². The first kappa shape index (κ1) is 25.0. The molecule has 0 saturated carbocycles. The van der Waals surface area contributed by atoms with Gasteiger partial charge < -0.3 is 9.64 Å². The fourth-order valence-electron chi connectivity index (χ4n) is 3.83. The Hall–Kier alpha value is -4.09. The average Bonchev–Trinajstić information content (AvgIpc) is 2.89. The van der Waals surface area contributed by atoms with E-state index in [0.29, 0.717) is 34.1 Å². The third kappa shape index (κ3) is 5.42. The number of benzene rings is 3.